The molecule has 14 heavy (non-hydrogen) atoms. The number of nitrogens with one attached hydrogen (secondary N) is 2. The van der Waals surface area contributed by atoms with Crippen LogP contribution in [0.15, 0.2) is 22.7 Å². The average molecular weight is 257 g/mol. The highest BCUT2D eigenvalue weighted by Gasteiger charge is 2.10. The van der Waals surface area contributed by atoms with E-state index in [4.69, 9.17) is 0 Å². The normalized spacial score (nSPS) is 9.64. The van der Waals surface area contributed by atoms with Crippen LogP contribution in [0.25, 0.3) is 0 Å². The number of hydrogen-bond acceptors (Lipinski definition) is 2. The van der Waals surface area contributed by atoms with E-state index in [0.717, 1.165) is 16.7 Å². The third kappa shape index (κ3) is 2.26. The van der Waals surface area contributed by atoms with Crippen LogP contribution in [-0.2, 0) is 0 Å². The molecule has 0 spiro atoms. The summed E-state index contributed by atoms with van der Waals surface area (Å²) < 4.78 is 0.807. The van der Waals surface area contributed by atoms with E-state index < -0.39 is 0 Å². The first-order valence-electron chi connectivity index (χ1n) is 4.45. The number of rotatable bonds is 3. The topological polar surface area (TPSA) is 41.1 Å². The molecule has 0 unspecified atom stereocenters. The molecule has 1 rings (SSSR count). The van der Waals surface area contributed by atoms with Gasteiger partial charge in [0.2, 0.25) is 0 Å². The Morgan fingerprint density at radius 2 is 2.21 bits per heavy atom. The minimum Gasteiger partial charge on any atom is -0.384 e. The molecule has 0 atom stereocenters. The molecule has 0 aliphatic rings. The lowest BCUT2D eigenvalue weighted by Gasteiger charge is -2.09. The number of hydrogen-bond donors (Lipinski definition) is 2. The van der Waals surface area contributed by atoms with Crippen molar-refractivity contribution in [3.05, 3.63) is 28.2 Å². The molecule has 4 heteroatoms. The summed E-state index contributed by atoms with van der Waals surface area (Å²) in [5.41, 5.74) is 1.58. The quantitative estimate of drug-likeness (QED) is 0.871. The molecule has 0 fully saturated rings. The van der Waals surface area contributed by atoms with E-state index in [1.807, 2.05) is 19.1 Å². The molecule has 1 aromatic carbocycles. The number of carbonyl (C=O) groups is 1. The average Bonchev–Trinajstić information content (AvgIpc) is 2.20. The molecule has 0 aromatic heterocycles. The van der Waals surface area contributed by atoms with Gasteiger partial charge in [0.25, 0.3) is 5.91 Å². The van der Waals surface area contributed by atoms with E-state index in [9.17, 15) is 4.79 Å². The highest BCUT2D eigenvalue weighted by molar-refractivity contribution is 9.10. The van der Waals surface area contributed by atoms with Crippen molar-refractivity contribution >= 4 is 27.5 Å². The van der Waals surface area contributed by atoms with Crippen molar-refractivity contribution in [3.63, 3.8) is 0 Å². The Kier molecular flexibility index (Phi) is 3.95. The standard InChI is InChI=1S/C10H13BrN2O/c1-3-13-8-6-4-5-7(9(8)11)10(14)12-2/h4-6,13H,3H2,1-2H3,(H,12,14). The maximum Gasteiger partial charge on any atom is 0.252 e. The predicted molar refractivity (Wildman–Crippen MR) is 61.7 cm³/mol. The molecule has 0 radical (unpaired) electrons. The number of anilines is 1. The number of benzene rings is 1. The zero-order valence-electron chi connectivity index (χ0n) is 8.23. The van der Waals surface area contributed by atoms with Crippen molar-refractivity contribution in [2.75, 3.05) is 18.9 Å². The van der Waals surface area contributed by atoms with Gasteiger partial charge in [-0.2, -0.15) is 0 Å². The maximum atomic E-state index is 11.4. The van der Waals surface area contributed by atoms with E-state index >= 15 is 0 Å². The van der Waals surface area contributed by atoms with Crippen LogP contribution in [0.5, 0.6) is 0 Å². The molecule has 3 nitrogen and oxygen atoms in total. The van der Waals surface area contributed by atoms with Gasteiger partial charge in [0.1, 0.15) is 0 Å². The van der Waals surface area contributed by atoms with Crippen LogP contribution >= 0.6 is 15.9 Å². The number of carbonyl (C=O) groups excluding carboxylic acids is 1. The van der Waals surface area contributed by atoms with Crippen LogP contribution in [0.1, 0.15) is 17.3 Å². The number of halogens is 1. The Hall–Kier alpha value is -1.03. The maximum absolute atomic E-state index is 11.4. The van der Waals surface area contributed by atoms with Gasteiger partial charge in [-0.15, -0.1) is 0 Å². The van der Waals surface area contributed by atoms with E-state index in [0.29, 0.717) is 5.56 Å². The van der Waals surface area contributed by atoms with Gasteiger partial charge in [-0.1, -0.05) is 6.07 Å². The predicted octanol–water partition coefficient (Wildman–Crippen LogP) is 2.24. The molecular weight excluding hydrogens is 244 g/mol. The van der Waals surface area contributed by atoms with Crippen LogP contribution in [0.2, 0.25) is 0 Å². The molecule has 0 saturated heterocycles. The molecule has 0 bridgehead atoms. The Balaban J connectivity index is 3.07. The minimum absolute atomic E-state index is 0.0865. The zero-order chi connectivity index (χ0) is 10.6. The Labute approximate surface area is 92.0 Å². The lowest BCUT2D eigenvalue weighted by Crippen LogP contribution is -2.18. The molecule has 0 aliphatic heterocycles. The van der Waals surface area contributed by atoms with Crippen molar-refractivity contribution in [3.8, 4) is 0 Å². The summed E-state index contributed by atoms with van der Waals surface area (Å²) in [6.45, 7) is 2.84. The fourth-order valence-electron chi connectivity index (χ4n) is 1.17. The molecule has 0 aliphatic carbocycles. The summed E-state index contributed by atoms with van der Waals surface area (Å²) in [7, 11) is 1.62. The summed E-state index contributed by atoms with van der Waals surface area (Å²) >= 11 is 3.40. The molecule has 0 saturated carbocycles. The smallest absolute Gasteiger partial charge is 0.252 e. The van der Waals surface area contributed by atoms with E-state index in [1.165, 1.54) is 0 Å². The third-order valence-electron chi connectivity index (χ3n) is 1.84. The molecule has 76 valence electrons. The second kappa shape index (κ2) is 5.00. The van der Waals surface area contributed by atoms with Crippen LogP contribution in [0.4, 0.5) is 5.69 Å². The highest BCUT2D eigenvalue weighted by Crippen LogP contribution is 2.26. The van der Waals surface area contributed by atoms with Crippen molar-refractivity contribution in [2.45, 2.75) is 6.92 Å². The van der Waals surface area contributed by atoms with E-state index in [2.05, 4.69) is 26.6 Å². The molecular formula is C10H13BrN2O. The Bertz CT molecular complexity index is 339. The monoisotopic (exact) mass is 256 g/mol. The Morgan fingerprint density at radius 3 is 2.79 bits per heavy atom. The van der Waals surface area contributed by atoms with E-state index in [1.54, 1.807) is 13.1 Å². The van der Waals surface area contributed by atoms with Crippen LogP contribution in [-0.4, -0.2) is 19.5 Å². The van der Waals surface area contributed by atoms with Gasteiger partial charge in [0, 0.05) is 19.3 Å². The molecule has 1 aromatic rings. The zero-order valence-corrected chi connectivity index (χ0v) is 9.81. The first-order valence-corrected chi connectivity index (χ1v) is 5.24. The summed E-state index contributed by atoms with van der Waals surface area (Å²) in [5.74, 6) is -0.0865. The van der Waals surface area contributed by atoms with Gasteiger partial charge in [-0.05, 0) is 35.0 Å². The van der Waals surface area contributed by atoms with Gasteiger partial charge < -0.3 is 10.6 Å². The second-order valence-electron chi connectivity index (χ2n) is 2.78. The molecule has 2 N–H and O–H groups in total. The Morgan fingerprint density at radius 1 is 1.50 bits per heavy atom. The first-order chi connectivity index (χ1) is 6.70. The largest absolute Gasteiger partial charge is 0.384 e. The van der Waals surface area contributed by atoms with E-state index in [-0.39, 0.29) is 5.91 Å². The second-order valence-corrected chi connectivity index (χ2v) is 3.57. The van der Waals surface area contributed by atoms with Crippen LogP contribution in [0.3, 0.4) is 0 Å². The summed E-state index contributed by atoms with van der Waals surface area (Å²) in [5, 5.41) is 5.76. The third-order valence-corrected chi connectivity index (χ3v) is 2.69. The summed E-state index contributed by atoms with van der Waals surface area (Å²) in [6.07, 6.45) is 0. The van der Waals surface area contributed by atoms with Crippen molar-refractivity contribution in [1.29, 1.82) is 0 Å². The van der Waals surface area contributed by atoms with Gasteiger partial charge >= 0.3 is 0 Å². The summed E-state index contributed by atoms with van der Waals surface area (Å²) in [6, 6.07) is 5.57. The lowest BCUT2D eigenvalue weighted by molar-refractivity contribution is 0.0962. The fraction of sp³-hybridized carbons (Fsp3) is 0.300. The first kappa shape index (κ1) is 11.0. The molecule has 0 heterocycles. The van der Waals surface area contributed by atoms with Crippen molar-refractivity contribution in [2.24, 2.45) is 0 Å². The summed E-state index contributed by atoms with van der Waals surface area (Å²) in [4.78, 5) is 11.4. The van der Waals surface area contributed by atoms with Gasteiger partial charge in [-0.3, -0.25) is 4.79 Å². The van der Waals surface area contributed by atoms with Gasteiger partial charge in [0.15, 0.2) is 0 Å². The van der Waals surface area contributed by atoms with Crippen molar-refractivity contribution < 1.29 is 4.79 Å². The van der Waals surface area contributed by atoms with Crippen LogP contribution in [0, 0.1) is 0 Å². The fourth-order valence-corrected chi connectivity index (χ4v) is 1.75. The van der Waals surface area contributed by atoms with Gasteiger partial charge in [-0.25, -0.2) is 0 Å². The number of amides is 1. The SMILES string of the molecule is CCNc1cccc(C(=O)NC)c1Br. The van der Waals surface area contributed by atoms with Gasteiger partial charge in [0.05, 0.1) is 10.0 Å². The highest BCUT2D eigenvalue weighted by atomic mass is 79.9. The minimum atomic E-state index is -0.0865. The molecule has 1 amide bonds. The van der Waals surface area contributed by atoms with Crippen molar-refractivity contribution in [1.82, 2.24) is 5.32 Å². The van der Waals surface area contributed by atoms with Crippen LogP contribution < -0.4 is 10.6 Å². The lowest BCUT2D eigenvalue weighted by atomic mass is 10.2.